The van der Waals surface area contributed by atoms with E-state index in [9.17, 15) is 0 Å². The van der Waals surface area contributed by atoms with E-state index in [0.717, 1.165) is 5.69 Å². The molecule has 0 saturated heterocycles. The largest absolute Gasteiger partial charge is 0.355 e. The van der Waals surface area contributed by atoms with Gasteiger partial charge < -0.3 is 9.55 Å². The van der Waals surface area contributed by atoms with Gasteiger partial charge in [0.05, 0.1) is 11.0 Å². The van der Waals surface area contributed by atoms with Gasteiger partial charge in [0.2, 0.25) is 0 Å². The Morgan fingerprint density at radius 3 is 1.92 bits per heavy atom. The van der Waals surface area contributed by atoms with E-state index in [4.69, 9.17) is 0 Å². The van der Waals surface area contributed by atoms with Crippen LogP contribution < -0.4 is 0 Å². The van der Waals surface area contributed by atoms with Crippen molar-refractivity contribution in [1.82, 2.24) is 9.55 Å². The van der Waals surface area contributed by atoms with Gasteiger partial charge in [-0.25, -0.2) is 0 Å². The summed E-state index contributed by atoms with van der Waals surface area (Å²) in [7, 11) is 0. The van der Waals surface area contributed by atoms with Crippen LogP contribution in [-0.2, 0) is 5.41 Å². The summed E-state index contributed by atoms with van der Waals surface area (Å²) in [5, 5.41) is 5.15. The van der Waals surface area contributed by atoms with Crippen molar-refractivity contribution in [2.75, 3.05) is 0 Å². The van der Waals surface area contributed by atoms with E-state index in [0.29, 0.717) is 0 Å². The highest BCUT2D eigenvalue weighted by molar-refractivity contribution is 6.13. The van der Waals surface area contributed by atoms with Gasteiger partial charge >= 0.3 is 0 Å². The van der Waals surface area contributed by atoms with Crippen LogP contribution in [0.5, 0.6) is 0 Å². The summed E-state index contributed by atoms with van der Waals surface area (Å²) < 4.78 is 2.45. The highest BCUT2D eigenvalue weighted by Gasteiger charge is 2.37. The molecule has 1 atom stereocenters. The summed E-state index contributed by atoms with van der Waals surface area (Å²) in [6.07, 6.45) is 0. The monoisotopic (exact) mass is 616 g/mol. The summed E-state index contributed by atoms with van der Waals surface area (Å²) in [6.45, 7) is 7.04. The molecular weight excluding hydrogens is 581 g/mol. The molecule has 7 aromatic carbocycles. The third-order valence-electron chi connectivity index (χ3n) is 10.6. The topological polar surface area (TPSA) is 20.7 Å². The van der Waals surface area contributed by atoms with Gasteiger partial charge in [-0.15, -0.1) is 0 Å². The highest BCUT2D eigenvalue weighted by atomic mass is 15.0. The van der Waals surface area contributed by atoms with Crippen molar-refractivity contribution in [3.8, 4) is 16.8 Å². The molecule has 2 aromatic heterocycles. The quantitative estimate of drug-likeness (QED) is 0.186. The van der Waals surface area contributed by atoms with Crippen LogP contribution in [0.1, 0.15) is 34.7 Å². The van der Waals surface area contributed by atoms with Gasteiger partial charge in [-0.05, 0) is 96.1 Å². The van der Waals surface area contributed by atoms with Crippen molar-refractivity contribution in [3.05, 3.63) is 186 Å². The van der Waals surface area contributed by atoms with Crippen molar-refractivity contribution in [2.24, 2.45) is 0 Å². The minimum atomic E-state index is -0.437. The van der Waals surface area contributed by atoms with Gasteiger partial charge in [-0.2, -0.15) is 0 Å². The number of aryl methyl sites for hydroxylation is 2. The minimum Gasteiger partial charge on any atom is -0.355 e. The Morgan fingerprint density at radius 1 is 0.500 bits per heavy atom. The van der Waals surface area contributed by atoms with Crippen molar-refractivity contribution in [2.45, 2.75) is 26.2 Å². The first kappa shape index (κ1) is 28.4. The maximum Gasteiger partial charge on any atom is 0.0544 e. The molecule has 9 rings (SSSR count). The molecule has 0 saturated carbocycles. The second-order valence-electron chi connectivity index (χ2n) is 13.2. The normalized spacial score (nSPS) is 13.1. The summed E-state index contributed by atoms with van der Waals surface area (Å²) >= 11 is 0. The summed E-state index contributed by atoms with van der Waals surface area (Å²) in [5.41, 5.74) is 14.5. The van der Waals surface area contributed by atoms with E-state index in [1.807, 2.05) is 0 Å². The van der Waals surface area contributed by atoms with E-state index in [1.54, 1.807) is 0 Å². The first-order valence-electron chi connectivity index (χ1n) is 16.8. The fraction of sp³-hybridized carbons (Fsp3) is 0.0870. The Morgan fingerprint density at radius 2 is 1.15 bits per heavy atom. The van der Waals surface area contributed by atoms with Crippen LogP contribution in [0.25, 0.3) is 60.4 Å². The van der Waals surface area contributed by atoms with Crippen molar-refractivity contribution in [1.29, 1.82) is 0 Å². The molecule has 0 amide bonds. The Balaban J connectivity index is 1.36. The highest BCUT2D eigenvalue weighted by Crippen LogP contribution is 2.49. The van der Waals surface area contributed by atoms with Gasteiger partial charge in [0.1, 0.15) is 0 Å². The number of H-pyrrole nitrogens is 1. The number of aromatic nitrogens is 2. The Bertz CT molecular complexity index is 2620. The standard InChI is InChI=1S/C46H36N2/c1-30-22-29-42-44(37-19-11-13-21-41(37)48(42)35-25-23-33(24-26-35)32-14-6-4-7-15-32)45(30)46(3,34-16-8-5-9-17-34)38-27-28-40-43(31(38)2)36-18-10-12-20-39(36)47-40/h4-29,47H,1-3H3. The molecule has 1 N–H and O–H groups in total. The third kappa shape index (κ3) is 4.12. The third-order valence-corrected chi connectivity index (χ3v) is 10.6. The first-order chi connectivity index (χ1) is 23.5. The van der Waals surface area contributed by atoms with Gasteiger partial charge in [-0.1, -0.05) is 121 Å². The van der Waals surface area contributed by atoms with Crippen molar-refractivity contribution < 1.29 is 0 Å². The predicted octanol–water partition coefficient (Wildman–Crippen LogP) is 12.1. The molecule has 0 spiro atoms. The van der Waals surface area contributed by atoms with Crippen LogP contribution in [0.15, 0.2) is 158 Å². The zero-order chi connectivity index (χ0) is 32.4. The lowest BCUT2D eigenvalue weighted by molar-refractivity contribution is 0.690. The molecular formula is C46H36N2. The minimum absolute atomic E-state index is 0.437. The van der Waals surface area contributed by atoms with Gasteiger partial charge in [0, 0.05) is 43.7 Å². The SMILES string of the molecule is Cc1ccc2c(c1C(C)(c1ccccc1)c1ccc3[nH]c4ccccc4c3c1C)c1ccccc1n2-c1ccc(-c2ccccc2)cc1. The predicted molar refractivity (Wildman–Crippen MR) is 203 cm³/mol. The zero-order valence-electron chi connectivity index (χ0n) is 27.5. The van der Waals surface area contributed by atoms with Crippen LogP contribution in [0.4, 0.5) is 0 Å². The van der Waals surface area contributed by atoms with Crippen molar-refractivity contribution >= 4 is 43.6 Å². The van der Waals surface area contributed by atoms with Crippen LogP contribution in [-0.4, -0.2) is 9.55 Å². The number of nitrogens with zero attached hydrogens (tertiary/aromatic N) is 1. The number of hydrogen-bond acceptors (Lipinski definition) is 0. The van der Waals surface area contributed by atoms with Gasteiger partial charge in [0.15, 0.2) is 0 Å². The fourth-order valence-electron chi connectivity index (χ4n) is 8.39. The summed E-state index contributed by atoms with van der Waals surface area (Å²) in [6, 6.07) is 57.6. The van der Waals surface area contributed by atoms with Gasteiger partial charge in [0.25, 0.3) is 0 Å². The average Bonchev–Trinajstić information content (AvgIpc) is 3.69. The molecule has 9 aromatic rings. The lowest BCUT2D eigenvalue weighted by Crippen LogP contribution is -2.28. The number of nitrogens with one attached hydrogen (secondary N) is 1. The van der Waals surface area contributed by atoms with Crippen LogP contribution >= 0.6 is 0 Å². The molecule has 0 bridgehead atoms. The van der Waals surface area contributed by atoms with Crippen LogP contribution in [0.3, 0.4) is 0 Å². The maximum atomic E-state index is 3.67. The fourth-order valence-corrected chi connectivity index (χ4v) is 8.39. The average molecular weight is 617 g/mol. The second-order valence-corrected chi connectivity index (χ2v) is 13.2. The molecule has 2 heterocycles. The van der Waals surface area contributed by atoms with Crippen LogP contribution in [0.2, 0.25) is 0 Å². The van der Waals surface area contributed by atoms with E-state index >= 15 is 0 Å². The maximum absolute atomic E-state index is 3.67. The summed E-state index contributed by atoms with van der Waals surface area (Å²) in [4.78, 5) is 3.67. The number of hydrogen-bond donors (Lipinski definition) is 1. The number of aromatic amines is 1. The Labute approximate surface area is 280 Å². The van der Waals surface area contributed by atoms with E-state index in [-0.39, 0.29) is 0 Å². The van der Waals surface area contributed by atoms with E-state index in [1.165, 1.54) is 82.6 Å². The number of para-hydroxylation sites is 2. The molecule has 0 aliphatic heterocycles. The van der Waals surface area contributed by atoms with Gasteiger partial charge in [-0.3, -0.25) is 0 Å². The number of fused-ring (bicyclic) bond motifs is 6. The molecule has 0 radical (unpaired) electrons. The second kappa shape index (κ2) is 10.9. The van der Waals surface area contributed by atoms with Crippen molar-refractivity contribution in [3.63, 3.8) is 0 Å². The zero-order valence-corrected chi connectivity index (χ0v) is 27.5. The molecule has 0 fully saturated rings. The van der Waals surface area contributed by atoms with E-state index < -0.39 is 5.41 Å². The summed E-state index contributed by atoms with van der Waals surface area (Å²) in [5.74, 6) is 0. The molecule has 2 nitrogen and oxygen atoms in total. The first-order valence-corrected chi connectivity index (χ1v) is 16.8. The Hall–Kier alpha value is -5.86. The molecule has 2 heteroatoms. The smallest absolute Gasteiger partial charge is 0.0544 e. The number of benzene rings is 7. The molecule has 230 valence electrons. The van der Waals surface area contributed by atoms with E-state index in [2.05, 4.69) is 188 Å². The number of rotatable bonds is 5. The Kier molecular flexibility index (Phi) is 6.42. The lowest BCUT2D eigenvalue weighted by Gasteiger charge is -2.35. The molecule has 48 heavy (non-hydrogen) atoms. The lowest BCUT2D eigenvalue weighted by atomic mass is 9.67. The van der Waals surface area contributed by atoms with Crippen LogP contribution in [0, 0.1) is 13.8 Å². The molecule has 0 aliphatic carbocycles. The molecule has 1 unspecified atom stereocenters. The molecule has 0 aliphatic rings.